The molecule has 1 saturated heterocycles. The van der Waals surface area contributed by atoms with Gasteiger partial charge in [0.1, 0.15) is 0 Å². The minimum Gasteiger partial charge on any atom is -0.392 e. The summed E-state index contributed by atoms with van der Waals surface area (Å²) in [5.41, 5.74) is 1.82. The summed E-state index contributed by atoms with van der Waals surface area (Å²) < 4.78 is 7.18. The van der Waals surface area contributed by atoms with E-state index in [1.54, 1.807) is 0 Å². The zero-order chi connectivity index (χ0) is 9.26. The summed E-state index contributed by atoms with van der Waals surface area (Å²) in [4.78, 5) is 0. The molecule has 1 atom stereocenters. The molecule has 2 rings (SSSR count). The maximum absolute atomic E-state index is 8.99. The Labute approximate surface area is 77.1 Å². The van der Waals surface area contributed by atoms with E-state index in [0.717, 1.165) is 30.9 Å². The molecule has 4 nitrogen and oxygen atoms in total. The van der Waals surface area contributed by atoms with Crippen LogP contribution in [0.4, 0.5) is 0 Å². The zero-order valence-electron chi connectivity index (χ0n) is 7.73. The molecule has 0 spiro atoms. The number of aliphatic hydroxyl groups is 1. The number of nitrogens with zero attached hydrogens (tertiary/aromatic N) is 2. The first-order valence-electron chi connectivity index (χ1n) is 4.54. The third kappa shape index (κ3) is 1.59. The van der Waals surface area contributed by atoms with Gasteiger partial charge in [0.2, 0.25) is 0 Å². The SMILES string of the molecule is Cc1nn(C2CCOC2)cc1CO. The van der Waals surface area contributed by atoms with E-state index in [0.29, 0.717) is 6.04 Å². The molecule has 0 aliphatic carbocycles. The fourth-order valence-corrected chi connectivity index (χ4v) is 1.59. The number of aliphatic hydroxyl groups excluding tert-OH is 1. The number of ether oxygens (including phenoxy) is 1. The molecule has 0 bridgehead atoms. The van der Waals surface area contributed by atoms with E-state index in [2.05, 4.69) is 5.10 Å². The number of hydrogen-bond donors (Lipinski definition) is 1. The summed E-state index contributed by atoms with van der Waals surface area (Å²) in [5, 5.41) is 13.3. The van der Waals surface area contributed by atoms with E-state index in [1.807, 2.05) is 17.8 Å². The molecule has 4 heteroatoms. The Hall–Kier alpha value is -0.870. The average molecular weight is 182 g/mol. The van der Waals surface area contributed by atoms with Gasteiger partial charge in [0.25, 0.3) is 0 Å². The second-order valence-electron chi connectivity index (χ2n) is 3.40. The van der Waals surface area contributed by atoms with Gasteiger partial charge in [-0.3, -0.25) is 4.68 Å². The molecule has 13 heavy (non-hydrogen) atoms. The second kappa shape index (κ2) is 3.47. The molecule has 0 saturated carbocycles. The average Bonchev–Trinajstić information content (AvgIpc) is 2.71. The van der Waals surface area contributed by atoms with Gasteiger partial charge in [-0.15, -0.1) is 0 Å². The van der Waals surface area contributed by atoms with E-state index < -0.39 is 0 Å². The third-order valence-electron chi connectivity index (χ3n) is 2.47. The lowest BCUT2D eigenvalue weighted by atomic mass is 10.2. The first-order valence-corrected chi connectivity index (χ1v) is 4.54. The van der Waals surface area contributed by atoms with Gasteiger partial charge in [-0.2, -0.15) is 5.10 Å². The fourth-order valence-electron chi connectivity index (χ4n) is 1.59. The molecule has 1 aromatic heterocycles. The van der Waals surface area contributed by atoms with Crippen molar-refractivity contribution in [3.63, 3.8) is 0 Å². The van der Waals surface area contributed by atoms with E-state index in [-0.39, 0.29) is 6.61 Å². The summed E-state index contributed by atoms with van der Waals surface area (Å²) in [6, 6.07) is 0.360. The molecule has 2 heterocycles. The summed E-state index contributed by atoms with van der Waals surface area (Å²) in [6.07, 6.45) is 2.93. The Morgan fingerprint density at radius 2 is 2.62 bits per heavy atom. The van der Waals surface area contributed by atoms with Crippen LogP contribution in [-0.4, -0.2) is 28.1 Å². The van der Waals surface area contributed by atoms with E-state index in [9.17, 15) is 0 Å². The largest absolute Gasteiger partial charge is 0.392 e. The second-order valence-corrected chi connectivity index (χ2v) is 3.40. The zero-order valence-corrected chi connectivity index (χ0v) is 7.73. The highest BCUT2D eigenvalue weighted by Gasteiger charge is 2.19. The van der Waals surface area contributed by atoms with Gasteiger partial charge in [0, 0.05) is 18.4 Å². The molecular formula is C9H14N2O2. The molecule has 0 radical (unpaired) electrons. The molecule has 1 aromatic rings. The van der Waals surface area contributed by atoms with Crippen molar-refractivity contribution < 1.29 is 9.84 Å². The van der Waals surface area contributed by atoms with Crippen molar-refractivity contribution in [1.82, 2.24) is 9.78 Å². The predicted octanol–water partition coefficient (Wildman–Crippen LogP) is 0.645. The van der Waals surface area contributed by atoms with Crippen molar-refractivity contribution in [2.45, 2.75) is 26.0 Å². The van der Waals surface area contributed by atoms with Crippen molar-refractivity contribution in [2.24, 2.45) is 0 Å². The fraction of sp³-hybridized carbons (Fsp3) is 0.667. The van der Waals surface area contributed by atoms with Crippen LogP contribution in [0.15, 0.2) is 6.20 Å². The van der Waals surface area contributed by atoms with Gasteiger partial charge < -0.3 is 9.84 Å². The number of aryl methyl sites for hydroxylation is 1. The molecule has 1 aliphatic heterocycles. The highest BCUT2D eigenvalue weighted by atomic mass is 16.5. The van der Waals surface area contributed by atoms with Crippen LogP contribution in [0.5, 0.6) is 0 Å². The van der Waals surface area contributed by atoms with E-state index >= 15 is 0 Å². The lowest BCUT2D eigenvalue weighted by molar-refractivity contribution is 0.184. The van der Waals surface area contributed by atoms with Crippen LogP contribution >= 0.6 is 0 Å². The molecule has 0 amide bonds. The van der Waals surface area contributed by atoms with Crippen LogP contribution < -0.4 is 0 Å². The lowest BCUT2D eigenvalue weighted by Gasteiger charge is -2.06. The van der Waals surface area contributed by atoms with Gasteiger partial charge in [0.05, 0.1) is 24.9 Å². The first-order chi connectivity index (χ1) is 6.31. The maximum atomic E-state index is 8.99. The molecule has 0 aromatic carbocycles. The summed E-state index contributed by atoms with van der Waals surface area (Å²) in [5.74, 6) is 0. The van der Waals surface area contributed by atoms with Gasteiger partial charge >= 0.3 is 0 Å². The standard InChI is InChI=1S/C9H14N2O2/c1-7-8(5-12)4-11(10-7)9-2-3-13-6-9/h4,9,12H,2-3,5-6H2,1H3. The molecular weight excluding hydrogens is 168 g/mol. The Morgan fingerprint density at radius 1 is 1.77 bits per heavy atom. The van der Waals surface area contributed by atoms with Crippen molar-refractivity contribution in [3.05, 3.63) is 17.5 Å². The van der Waals surface area contributed by atoms with E-state index in [1.165, 1.54) is 0 Å². The van der Waals surface area contributed by atoms with Crippen molar-refractivity contribution in [1.29, 1.82) is 0 Å². The van der Waals surface area contributed by atoms with Crippen molar-refractivity contribution in [2.75, 3.05) is 13.2 Å². The van der Waals surface area contributed by atoms with Crippen LogP contribution in [0.3, 0.4) is 0 Å². The molecule has 1 fully saturated rings. The van der Waals surface area contributed by atoms with Gasteiger partial charge in [0.15, 0.2) is 0 Å². The quantitative estimate of drug-likeness (QED) is 0.730. The van der Waals surface area contributed by atoms with Crippen LogP contribution in [0.1, 0.15) is 23.7 Å². The number of hydrogen-bond acceptors (Lipinski definition) is 3. The third-order valence-corrected chi connectivity index (χ3v) is 2.47. The monoisotopic (exact) mass is 182 g/mol. The summed E-state index contributed by atoms with van der Waals surface area (Å²) >= 11 is 0. The number of rotatable bonds is 2. The van der Waals surface area contributed by atoms with Gasteiger partial charge in [-0.05, 0) is 13.3 Å². The first kappa shape index (κ1) is 8.72. The predicted molar refractivity (Wildman–Crippen MR) is 47.4 cm³/mol. The summed E-state index contributed by atoms with van der Waals surface area (Å²) in [6.45, 7) is 3.54. The Bertz CT molecular complexity index is 290. The Kier molecular flexibility index (Phi) is 2.33. The molecule has 72 valence electrons. The highest BCUT2D eigenvalue weighted by molar-refractivity contribution is 5.14. The minimum atomic E-state index is 0.0689. The topological polar surface area (TPSA) is 47.3 Å². The Balaban J connectivity index is 2.20. The van der Waals surface area contributed by atoms with Crippen LogP contribution in [0.2, 0.25) is 0 Å². The molecule has 1 aliphatic rings. The van der Waals surface area contributed by atoms with Gasteiger partial charge in [-0.1, -0.05) is 0 Å². The summed E-state index contributed by atoms with van der Waals surface area (Å²) in [7, 11) is 0. The molecule has 1 N–H and O–H groups in total. The smallest absolute Gasteiger partial charge is 0.0774 e. The van der Waals surface area contributed by atoms with Gasteiger partial charge in [-0.25, -0.2) is 0 Å². The molecule has 1 unspecified atom stereocenters. The van der Waals surface area contributed by atoms with Crippen LogP contribution in [0, 0.1) is 6.92 Å². The van der Waals surface area contributed by atoms with Crippen LogP contribution in [-0.2, 0) is 11.3 Å². The van der Waals surface area contributed by atoms with Crippen molar-refractivity contribution >= 4 is 0 Å². The minimum absolute atomic E-state index is 0.0689. The Morgan fingerprint density at radius 3 is 3.15 bits per heavy atom. The normalized spacial score (nSPS) is 22.5. The lowest BCUT2D eigenvalue weighted by Crippen LogP contribution is -2.08. The van der Waals surface area contributed by atoms with Crippen LogP contribution in [0.25, 0.3) is 0 Å². The number of aromatic nitrogens is 2. The maximum Gasteiger partial charge on any atom is 0.0774 e. The van der Waals surface area contributed by atoms with E-state index in [4.69, 9.17) is 9.84 Å². The van der Waals surface area contributed by atoms with Crippen molar-refractivity contribution in [3.8, 4) is 0 Å². The highest BCUT2D eigenvalue weighted by Crippen LogP contribution is 2.19.